The van der Waals surface area contributed by atoms with Gasteiger partial charge in [-0.15, -0.1) is 0 Å². The van der Waals surface area contributed by atoms with Crippen LogP contribution in [0.4, 0.5) is 4.39 Å². The van der Waals surface area contributed by atoms with E-state index in [1.54, 1.807) is 17.4 Å². The number of benzene rings is 1. The van der Waals surface area contributed by atoms with Crippen molar-refractivity contribution in [3.05, 3.63) is 64.2 Å². The topological polar surface area (TPSA) is 52.2 Å². The molecule has 1 saturated heterocycles. The average Bonchev–Trinajstić information content (AvgIpc) is 3.32. The van der Waals surface area contributed by atoms with Crippen molar-refractivity contribution in [1.82, 2.24) is 20.0 Å². The van der Waals surface area contributed by atoms with Crippen LogP contribution < -0.4 is 0 Å². The Hall–Kier alpha value is -2.51. The summed E-state index contributed by atoms with van der Waals surface area (Å²) in [6.07, 6.45) is 0.867. The molecule has 7 heteroatoms. The lowest BCUT2D eigenvalue weighted by atomic mass is 10.2. The van der Waals surface area contributed by atoms with Crippen molar-refractivity contribution in [3.63, 3.8) is 0 Å². The Balaban J connectivity index is 1.39. The van der Waals surface area contributed by atoms with Crippen molar-refractivity contribution in [1.29, 1.82) is 0 Å². The fraction of sp³-hybridized carbons (Fsp3) is 0.300. The maximum atomic E-state index is 13.9. The second kappa shape index (κ2) is 8.02. The van der Waals surface area contributed by atoms with Gasteiger partial charge in [0.25, 0.3) is 5.91 Å². The minimum atomic E-state index is -0.173. The summed E-state index contributed by atoms with van der Waals surface area (Å²) in [6.45, 7) is 3.47. The van der Waals surface area contributed by atoms with E-state index in [-0.39, 0.29) is 11.7 Å². The molecule has 1 aliphatic heterocycles. The molecule has 5 nitrogen and oxygen atoms in total. The second-order valence-electron chi connectivity index (χ2n) is 6.69. The Kier molecular flexibility index (Phi) is 5.31. The van der Waals surface area contributed by atoms with Crippen LogP contribution in [-0.2, 0) is 6.54 Å². The van der Waals surface area contributed by atoms with Gasteiger partial charge in [0.2, 0.25) is 0 Å². The number of nitrogens with one attached hydrogen (secondary N) is 1. The molecule has 0 atom stereocenters. The van der Waals surface area contributed by atoms with Crippen LogP contribution in [0.1, 0.15) is 22.5 Å². The Morgan fingerprint density at radius 2 is 2.07 bits per heavy atom. The van der Waals surface area contributed by atoms with Gasteiger partial charge in [0, 0.05) is 49.2 Å². The fourth-order valence-electron chi connectivity index (χ4n) is 3.36. The van der Waals surface area contributed by atoms with Crippen molar-refractivity contribution in [3.8, 4) is 11.3 Å². The summed E-state index contributed by atoms with van der Waals surface area (Å²) in [5.74, 6) is -0.204. The summed E-state index contributed by atoms with van der Waals surface area (Å²) in [6, 6.07) is 10.7. The van der Waals surface area contributed by atoms with Crippen LogP contribution in [0.2, 0.25) is 0 Å². The van der Waals surface area contributed by atoms with E-state index in [0.29, 0.717) is 30.9 Å². The SMILES string of the molecule is O=C(c1cc(-c2ccsc2)n[nH]1)N1CCCN(Cc2ccccc2F)CC1. The number of carbonyl (C=O) groups excluding carboxylic acids is 1. The first-order chi connectivity index (χ1) is 13.2. The molecule has 4 rings (SSSR count). The third-order valence-corrected chi connectivity index (χ3v) is 5.54. The van der Waals surface area contributed by atoms with E-state index in [1.807, 2.05) is 39.9 Å². The Morgan fingerprint density at radius 1 is 1.19 bits per heavy atom. The summed E-state index contributed by atoms with van der Waals surface area (Å²) < 4.78 is 13.9. The summed E-state index contributed by atoms with van der Waals surface area (Å²) in [7, 11) is 0. The molecule has 3 aromatic rings. The first kappa shape index (κ1) is 17.9. The van der Waals surface area contributed by atoms with Crippen LogP contribution in [0.25, 0.3) is 11.3 Å². The number of hydrogen-bond acceptors (Lipinski definition) is 4. The van der Waals surface area contributed by atoms with E-state index in [2.05, 4.69) is 15.1 Å². The Bertz CT molecular complexity index is 908. The van der Waals surface area contributed by atoms with Crippen LogP contribution in [0.5, 0.6) is 0 Å². The number of aromatic nitrogens is 2. The fourth-order valence-corrected chi connectivity index (χ4v) is 4.01. The number of carbonyl (C=O) groups is 1. The van der Waals surface area contributed by atoms with Crippen LogP contribution in [-0.4, -0.2) is 52.1 Å². The molecule has 1 N–H and O–H groups in total. The molecule has 0 unspecified atom stereocenters. The Morgan fingerprint density at radius 3 is 2.89 bits per heavy atom. The van der Waals surface area contributed by atoms with E-state index in [0.717, 1.165) is 30.8 Å². The number of halogens is 1. The third kappa shape index (κ3) is 4.09. The summed E-state index contributed by atoms with van der Waals surface area (Å²) in [4.78, 5) is 16.9. The lowest BCUT2D eigenvalue weighted by molar-refractivity contribution is 0.0755. The number of H-pyrrole nitrogens is 1. The van der Waals surface area contributed by atoms with Crippen LogP contribution >= 0.6 is 11.3 Å². The quantitative estimate of drug-likeness (QED) is 0.747. The number of thiophene rings is 1. The molecule has 1 aromatic carbocycles. The van der Waals surface area contributed by atoms with Crippen molar-refractivity contribution >= 4 is 17.2 Å². The van der Waals surface area contributed by atoms with Gasteiger partial charge in [0.15, 0.2) is 0 Å². The summed E-state index contributed by atoms with van der Waals surface area (Å²) >= 11 is 1.60. The third-order valence-electron chi connectivity index (χ3n) is 4.85. The number of amides is 1. The Labute approximate surface area is 161 Å². The lowest BCUT2D eigenvalue weighted by Crippen LogP contribution is -2.35. The van der Waals surface area contributed by atoms with E-state index in [1.165, 1.54) is 6.07 Å². The van der Waals surface area contributed by atoms with Gasteiger partial charge in [-0.1, -0.05) is 18.2 Å². The zero-order chi connectivity index (χ0) is 18.6. The molecular weight excluding hydrogens is 363 g/mol. The molecule has 0 aliphatic carbocycles. The molecule has 3 heterocycles. The van der Waals surface area contributed by atoms with Crippen LogP contribution in [0, 0.1) is 5.82 Å². The highest BCUT2D eigenvalue weighted by molar-refractivity contribution is 7.08. The van der Waals surface area contributed by atoms with Gasteiger partial charge in [0.1, 0.15) is 11.5 Å². The van der Waals surface area contributed by atoms with Gasteiger partial charge < -0.3 is 4.90 Å². The molecule has 1 aliphatic rings. The van der Waals surface area contributed by atoms with Gasteiger partial charge in [-0.25, -0.2) is 4.39 Å². The summed E-state index contributed by atoms with van der Waals surface area (Å²) in [5, 5.41) is 11.1. The molecule has 0 spiro atoms. The molecule has 0 bridgehead atoms. The predicted octanol–water partition coefficient (Wildman–Crippen LogP) is 3.63. The summed E-state index contributed by atoms with van der Waals surface area (Å²) in [5.41, 5.74) is 3.02. The van der Waals surface area contributed by atoms with E-state index < -0.39 is 0 Å². The van der Waals surface area contributed by atoms with Gasteiger partial charge >= 0.3 is 0 Å². The van der Waals surface area contributed by atoms with E-state index in [9.17, 15) is 9.18 Å². The van der Waals surface area contributed by atoms with Gasteiger partial charge in [-0.05, 0) is 30.0 Å². The van der Waals surface area contributed by atoms with E-state index in [4.69, 9.17) is 0 Å². The minimum absolute atomic E-state index is 0.0308. The standard InChI is InChI=1S/C20H21FN4OS/c21-17-5-2-1-4-15(17)13-24-7-3-8-25(10-9-24)20(26)19-12-18(22-23-19)16-6-11-27-14-16/h1-2,4-6,11-12,14H,3,7-10,13H2,(H,22,23). The van der Waals surface area contributed by atoms with Crippen molar-refractivity contribution < 1.29 is 9.18 Å². The zero-order valence-corrected chi connectivity index (χ0v) is 15.7. The van der Waals surface area contributed by atoms with Gasteiger partial charge in [-0.2, -0.15) is 16.4 Å². The second-order valence-corrected chi connectivity index (χ2v) is 7.47. The first-order valence-electron chi connectivity index (χ1n) is 9.04. The highest BCUT2D eigenvalue weighted by Crippen LogP contribution is 2.21. The van der Waals surface area contributed by atoms with Crippen molar-refractivity contribution in [2.24, 2.45) is 0 Å². The predicted molar refractivity (Wildman–Crippen MR) is 104 cm³/mol. The molecular formula is C20H21FN4OS. The molecule has 2 aromatic heterocycles. The zero-order valence-electron chi connectivity index (χ0n) is 14.9. The van der Waals surface area contributed by atoms with Crippen LogP contribution in [0.3, 0.4) is 0 Å². The smallest absolute Gasteiger partial charge is 0.271 e. The average molecular weight is 384 g/mol. The van der Waals surface area contributed by atoms with Crippen molar-refractivity contribution in [2.75, 3.05) is 26.2 Å². The monoisotopic (exact) mass is 384 g/mol. The van der Waals surface area contributed by atoms with Gasteiger partial charge in [-0.3, -0.25) is 14.8 Å². The largest absolute Gasteiger partial charge is 0.336 e. The molecule has 1 fully saturated rings. The minimum Gasteiger partial charge on any atom is -0.336 e. The van der Waals surface area contributed by atoms with Crippen molar-refractivity contribution in [2.45, 2.75) is 13.0 Å². The normalized spacial score (nSPS) is 15.7. The molecule has 0 radical (unpaired) electrons. The lowest BCUT2D eigenvalue weighted by Gasteiger charge is -2.21. The van der Waals surface area contributed by atoms with Crippen LogP contribution in [0.15, 0.2) is 47.2 Å². The highest BCUT2D eigenvalue weighted by Gasteiger charge is 2.22. The highest BCUT2D eigenvalue weighted by atomic mass is 32.1. The number of rotatable bonds is 4. The maximum absolute atomic E-state index is 13.9. The maximum Gasteiger partial charge on any atom is 0.271 e. The molecule has 27 heavy (non-hydrogen) atoms. The van der Waals surface area contributed by atoms with E-state index >= 15 is 0 Å². The first-order valence-corrected chi connectivity index (χ1v) is 9.98. The number of hydrogen-bond donors (Lipinski definition) is 1. The number of nitrogens with zero attached hydrogens (tertiary/aromatic N) is 3. The molecule has 0 saturated carbocycles. The molecule has 140 valence electrons. The number of aromatic amines is 1. The van der Waals surface area contributed by atoms with Gasteiger partial charge in [0.05, 0.1) is 5.69 Å². The molecule has 1 amide bonds.